The second-order valence-corrected chi connectivity index (χ2v) is 8.76. The number of anilines is 1. The molecule has 1 aromatic carbocycles. The molecular formula is C21H27F2N3O3. The maximum atomic E-state index is 14.6. The Labute approximate surface area is 169 Å². The number of carbonyl (C=O) groups is 2. The minimum atomic E-state index is -0.889. The van der Waals surface area contributed by atoms with Gasteiger partial charge in [0.2, 0.25) is 0 Å². The summed E-state index contributed by atoms with van der Waals surface area (Å²) in [4.78, 5) is 29.7. The molecule has 2 saturated heterocycles. The molecule has 0 saturated carbocycles. The Balaban J connectivity index is 1.74. The largest absolute Gasteiger partial charge is 0.444 e. The fourth-order valence-electron chi connectivity index (χ4n) is 3.79. The van der Waals surface area contributed by atoms with E-state index in [2.05, 4.69) is 0 Å². The number of halogens is 2. The summed E-state index contributed by atoms with van der Waals surface area (Å²) in [5.74, 6) is -2.50. The minimum absolute atomic E-state index is 0.0403. The summed E-state index contributed by atoms with van der Waals surface area (Å²) in [7, 11) is 3.42. The summed E-state index contributed by atoms with van der Waals surface area (Å²) in [5, 5.41) is 0. The molecule has 6 nitrogen and oxygen atoms in total. The lowest BCUT2D eigenvalue weighted by Gasteiger charge is -2.36. The fourth-order valence-corrected chi connectivity index (χ4v) is 3.79. The van der Waals surface area contributed by atoms with Gasteiger partial charge in [0.15, 0.2) is 5.78 Å². The number of carbonyl (C=O) groups excluding carboxylic acids is 2. The summed E-state index contributed by atoms with van der Waals surface area (Å²) in [6, 6.07) is 2.28. The molecule has 1 aromatic rings. The zero-order valence-electron chi connectivity index (χ0n) is 17.4. The van der Waals surface area contributed by atoms with Crippen molar-refractivity contribution in [3.05, 3.63) is 41.6 Å². The molecule has 0 N–H and O–H groups in total. The SMILES string of the molecule is CN(C)/C=C/C(=O)c1c(F)cc(N2C[C@H]3C[C@@H]2CN3C(=O)OC(C)(C)C)cc1F. The van der Waals surface area contributed by atoms with E-state index in [0.717, 1.165) is 6.08 Å². The van der Waals surface area contributed by atoms with Gasteiger partial charge in [0.25, 0.3) is 0 Å². The highest BCUT2D eigenvalue weighted by atomic mass is 19.1. The van der Waals surface area contributed by atoms with Crippen molar-refractivity contribution in [2.75, 3.05) is 32.1 Å². The monoisotopic (exact) mass is 407 g/mol. The zero-order chi connectivity index (χ0) is 21.5. The summed E-state index contributed by atoms with van der Waals surface area (Å²) in [6.07, 6.45) is 2.93. The highest BCUT2D eigenvalue weighted by Crippen LogP contribution is 2.36. The maximum absolute atomic E-state index is 14.6. The second kappa shape index (κ2) is 7.65. The van der Waals surface area contributed by atoms with Crippen LogP contribution in [0.25, 0.3) is 0 Å². The van der Waals surface area contributed by atoms with Crippen LogP contribution in [0.2, 0.25) is 0 Å². The van der Waals surface area contributed by atoms with Crippen LogP contribution >= 0.6 is 0 Å². The van der Waals surface area contributed by atoms with E-state index in [1.165, 1.54) is 18.3 Å². The highest BCUT2D eigenvalue weighted by Gasteiger charge is 2.46. The van der Waals surface area contributed by atoms with Gasteiger partial charge in [-0.05, 0) is 39.3 Å². The fraction of sp³-hybridized carbons (Fsp3) is 0.524. The van der Waals surface area contributed by atoms with E-state index < -0.39 is 28.6 Å². The number of nitrogens with zero attached hydrogens (tertiary/aromatic N) is 3. The Morgan fingerprint density at radius 2 is 1.76 bits per heavy atom. The standard InChI is InChI=1S/C21H27F2N3O3/c1-21(2,3)29-20(28)26-12-14-8-15(26)11-25(14)13-9-16(22)19(17(23)10-13)18(27)6-7-24(4)5/h6-7,9-10,14-15H,8,11-12H2,1-5H3/b7-6+/t14-,15-/m1/s1. The van der Waals surface area contributed by atoms with Crippen molar-refractivity contribution in [1.29, 1.82) is 0 Å². The first-order valence-electron chi connectivity index (χ1n) is 9.60. The highest BCUT2D eigenvalue weighted by molar-refractivity contribution is 6.05. The molecule has 2 heterocycles. The number of allylic oxidation sites excluding steroid dienone is 1. The number of fused-ring (bicyclic) bond motifs is 2. The van der Waals surface area contributed by atoms with Crippen molar-refractivity contribution in [2.24, 2.45) is 0 Å². The lowest BCUT2D eigenvalue weighted by atomic mass is 10.1. The molecule has 0 aromatic heterocycles. The third-order valence-electron chi connectivity index (χ3n) is 5.00. The first-order chi connectivity index (χ1) is 13.5. The first kappa shape index (κ1) is 21.1. The van der Waals surface area contributed by atoms with E-state index in [0.29, 0.717) is 25.2 Å². The Morgan fingerprint density at radius 1 is 1.14 bits per heavy atom. The number of piperazine rings is 1. The van der Waals surface area contributed by atoms with E-state index in [4.69, 9.17) is 4.74 Å². The van der Waals surface area contributed by atoms with Gasteiger partial charge in [-0.15, -0.1) is 0 Å². The molecule has 0 radical (unpaired) electrons. The van der Waals surface area contributed by atoms with Gasteiger partial charge in [0.1, 0.15) is 17.2 Å². The van der Waals surface area contributed by atoms with Crippen molar-refractivity contribution in [3.8, 4) is 0 Å². The van der Waals surface area contributed by atoms with E-state index >= 15 is 0 Å². The van der Waals surface area contributed by atoms with Crippen LogP contribution < -0.4 is 4.90 Å². The molecule has 2 atom stereocenters. The molecule has 2 aliphatic rings. The van der Waals surface area contributed by atoms with Crippen LogP contribution in [0.3, 0.4) is 0 Å². The van der Waals surface area contributed by atoms with Gasteiger partial charge in [0.05, 0.1) is 11.6 Å². The Morgan fingerprint density at radius 3 is 2.24 bits per heavy atom. The molecule has 158 valence electrons. The quantitative estimate of drug-likeness (QED) is 0.566. The Kier molecular flexibility index (Phi) is 5.56. The van der Waals surface area contributed by atoms with Crippen molar-refractivity contribution in [2.45, 2.75) is 44.9 Å². The lowest BCUT2D eigenvalue weighted by Crippen LogP contribution is -2.50. The summed E-state index contributed by atoms with van der Waals surface area (Å²) in [6.45, 7) is 6.35. The summed E-state index contributed by atoms with van der Waals surface area (Å²) in [5.41, 5.74) is -0.759. The maximum Gasteiger partial charge on any atom is 0.410 e. The van der Waals surface area contributed by atoms with Crippen LogP contribution in [-0.4, -0.2) is 66.5 Å². The van der Waals surface area contributed by atoms with E-state index in [1.54, 1.807) is 23.9 Å². The average Bonchev–Trinajstić information content (AvgIpc) is 3.18. The molecular weight excluding hydrogens is 380 g/mol. The second-order valence-electron chi connectivity index (χ2n) is 8.76. The van der Waals surface area contributed by atoms with Gasteiger partial charge in [-0.25, -0.2) is 13.6 Å². The van der Waals surface area contributed by atoms with Crippen LogP contribution in [0.4, 0.5) is 19.3 Å². The smallest absolute Gasteiger partial charge is 0.410 e. The first-order valence-corrected chi connectivity index (χ1v) is 9.60. The van der Waals surface area contributed by atoms with E-state index in [-0.39, 0.29) is 18.2 Å². The zero-order valence-corrected chi connectivity index (χ0v) is 17.4. The number of rotatable bonds is 4. The summed E-state index contributed by atoms with van der Waals surface area (Å²) >= 11 is 0. The lowest BCUT2D eigenvalue weighted by molar-refractivity contribution is 0.0214. The van der Waals surface area contributed by atoms with E-state index in [1.807, 2.05) is 25.7 Å². The molecule has 0 aliphatic carbocycles. The number of benzene rings is 1. The van der Waals surface area contributed by atoms with Gasteiger partial charge in [0, 0.05) is 51.2 Å². The van der Waals surface area contributed by atoms with Gasteiger partial charge in [-0.3, -0.25) is 4.79 Å². The number of likely N-dealkylation sites (tertiary alicyclic amines) is 1. The normalized spacial score (nSPS) is 21.2. The van der Waals surface area contributed by atoms with Crippen LogP contribution in [0.5, 0.6) is 0 Å². The predicted molar refractivity (Wildman–Crippen MR) is 106 cm³/mol. The van der Waals surface area contributed by atoms with Crippen molar-refractivity contribution in [1.82, 2.24) is 9.80 Å². The average molecular weight is 407 g/mol. The molecule has 29 heavy (non-hydrogen) atoms. The van der Waals surface area contributed by atoms with Crippen LogP contribution in [-0.2, 0) is 4.74 Å². The molecule has 0 spiro atoms. The Bertz CT molecular complexity index is 825. The number of amides is 1. The van der Waals surface area contributed by atoms with Crippen molar-refractivity contribution < 1.29 is 23.1 Å². The third kappa shape index (κ3) is 4.52. The van der Waals surface area contributed by atoms with Crippen LogP contribution in [0.15, 0.2) is 24.4 Å². The Hall–Kier alpha value is -2.64. The van der Waals surface area contributed by atoms with Crippen molar-refractivity contribution >= 4 is 17.6 Å². The van der Waals surface area contributed by atoms with Gasteiger partial charge in [-0.2, -0.15) is 0 Å². The molecule has 2 fully saturated rings. The topological polar surface area (TPSA) is 53.1 Å². The predicted octanol–water partition coefficient (Wildman–Crippen LogP) is 3.42. The van der Waals surface area contributed by atoms with Crippen LogP contribution in [0.1, 0.15) is 37.6 Å². The molecule has 2 aliphatic heterocycles. The summed E-state index contributed by atoms with van der Waals surface area (Å²) < 4.78 is 34.5. The van der Waals surface area contributed by atoms with E-state index in [9.17, 15) is 18.4 Å². The van der Waals surface area contributed by atoms with Crippen molar-refractivity contribution in [3.63, 3.8) is 0 Å². The van der Waals surface area contributed by atoms with Gasteiger partial charge >= 0.3 is 6.09 Å². The molecule has 1 amide bonds. The number of ketones is 1. The van der Waals surface area contributed by atoms with Gasteiger partial charge in [-0.1, -0.05) is 0 Å². The third-order valence-corrected chi connectivity index (χ3v) is 5.00. The molecule has 0 unspecified atom stereocenters. The van der Waals surface area contributed by atoms with Gasteiger partial charge < -0.3 is 19.4 Å². The number of hydrogen-bond donors (Lipinski definition) is 0. The minimum Gasteiger partial charge on any atom is -0.444 e. The number of ether oxygens (including phenoxy) is 1. The van der Waals surface area contributed by atoms with Crippen LogP contribution in [0, 0.1) is 11.6 Å². The molecule has 3 rings (SSSR count). The molecule has 8 heteroatoms. The molecule has 2 bridgehead atoms. The number of hydrogen-bond acceptors (Lipinski definition) is 5.